The van der Waals surface area contributed by atoms with Crippen LogP contribution in [-0.2, 0) is 21.3 Å². The number of hydrogen-bond donors (Lipinski definition) is 1. The highest BCUT2D eigenvalue weighted by molar-refractivity contribution is 7.87. The monoisotopic (exact) mass is 542 g/mol. The zero-order valence-corrected chi connectivity index (χ0v) is 21.3. The number of allylic oxidation sites excluding steroid dienone is 1. The summed E-state index contributed by atoms with van der Waals surface area (Å²) >= 11 is 11.8. The van der Waals surface area contributed by atoms with Crippen molar-refractivity contribution in [1.29, 1.82) is 5.26 Å². The van der Waals surface area contributed by atoms with E-state index in [0.717, 1.165) is 0 Å². The summed E-state index contributed by atoms with van der Waals surface area (Å²) in [7, 11) is -2.86. The van der Waals surface area contributed by atoms with Gasteiger partial charge >= 0.3 is 10.1 Å². The molecule has 0 aliphatic rings. The molecule has 0 unspecified atom stereocenters. The number of hydrogen-bond acceptors (Lipinski definition) is 6. The van der Waals surface area contributed by atoms with Crippen molar-refractivity contribution < 1.29 is 22.1 Å². The number of carbonyl (C=O) groups excluding carboxylic acids is 1. The van der Waals surface area contributed by atoms with Crippen molar-refractivity contribution in [2.75, 3.05) is 12.4 Å². The van der Waals surface area contributed by atoms with Crippen molar-refractivity contribution in [2.45, 2.75) is 11.3 Å². The van der Waals surface area contributed by atoms with E-state index in [1.165, 1.54) is 43.5 Å². The summed E-state index contributed by atoms with van der Waals surface area (Å²) in [5.74, 6) is -0.591. The van der Waals surface area contributed by atoms with Gasteiger partial charge in [0.05, 0.1) is 7.11 Å². The normalized spacial score (nSPS) is 11.3. The predicted octanol–water partition coefficient (Wildman–Crippen LogP) is 6.04. The SMILES string of the molecule is C=CCc1cc(/C=C(\C#N)C(=O)Nc2cccc(Cl)c2)cc(OC)c1OS(=O)(=O)c1ccc(Cl)cc1. The Labute approximate surface area is 219 Å². The first-order chi connectivity index (χ1) is 17.2. The van der Waals surface area contributed by atoms with Crippen molar-refractivity contribution in [3.05, 3.63) is 100 Å². The molecule has 0 aliphatic heterocycles. The molecule has 0 aliphatic carbocycles. The molecule has 3 rings (SSSR count). The summed E-state index contributed by atoms with van der Waals surface area (Å²) in [6.45, 7) is 3.70. The molecule has 0 aromatic heterocycles. The Hall–Kier alpha value is -3.77. The third-order valence-corrected chi connectivity index (χ3v) is 6.51. The van der Waals surface area contributed by atoms with Crippen LogP contribution < -0.4 is 14.2 Å². The van der Waals surface area contributed by atoms with Crippen molar-refractivity contribution in [3.63, 3.8) is 0 Å². The minimum absolute atomic E-state index is 0.0358. The molecule has 0 heterocycles. The lowest BCUT2D eigenvalue weighted by molar-refractivity contribution is -0.112. The molecule has 3 aromatic rings. The van der Waals surface area contributed by atoms with E-state index in [1.54, 1.807) is 36.4 Å². The highest BCUT2D eigenvalue weighted by atomic mass is 35.5. The van der Waals surface area contributed by atoms with Crippen LogP contribution in [0.25, 0.3) is 6.08 Å². The van der Waals surface area contributed by atoms with E-state index in [-0.39, 0.29) is 28.4 Å². The average Bonchev–Trinajstić information content (AvgIpc) is 2.84. The van der Waals surface area contributed by atoms with Crippen molar-refractivity contribution >= 4 is 51.0 Å². The molecule has 1 N–H and O–H groups in total. The Morgan fingerprint density at radius 2 is 1.83 bits per heavy atom. The Kier molecular flexibility index (Phi) is 8.78. The fourth-order valence-corrected chi connectivity index (χ4v) is 4.45. The molecular weight excluding hydrogens is 523 g/mol. The fraction of sp³-hybridized carbons (Fsp3) is 0.0769. The molecule has 1 amide bonds. The Morgan fingerprint density at radius 3 is 2.44 bits per heavy atom. The number of methoxy groups -OCH3 is 1. The maximum absolute atomic E-state index is 12.9. The first-order valence-electron chi connectivity index (χ1n) is 10.4. The minimum atomic E-state index is -4.21. The van der Waals surface area contributed by atoms with Gasteiger partial charge in [-0.2, -0.15) is 13.7 Å². The molecule has 0 saturated carbocycles. The number of ether oxygens (including phenoxy) is 1. The molecule has 0 fully saturated rings. The Morgan fingerprint density at radius 1 is 1.11 bits per heavy atom. The third-order valence-electron chi connectivity index (χ3n) is 4.79. The maximum atomic E-state index is 12.9. The van der Waals surface area contributed by atoms with Crippen LogP contribution in [0.1, 0.15) is 11.1 Å². The van der Waals surface area contributed by atoms with Crippen LogP contribution in [0, 0.1) is 11.3 Å². The van der Waals surface area contributed by atoms with Gasteiger partial charge in [0.2, 0.25) is 0 Å². The molecule has 0 saturated heterocycles. The molecule has 0 atom stereocenters. The van der Waals surface area contributed by atoms with E-state index in [2.05, 4.69) is 11.9 Å². The van der Waals surface area contributed by atoms with Crippen LogP contribution in [0.4, 0.5) is 5.69 Å². The van der Waals surface area contributed by atoms with Crippen molar-refractivity contribution in [3.8, 4) is 17.6 Å². The van der Waals surface area contributed by atoms with Crippen LogP contribution in [0.3, 0.4) is 0 Å². The quantitative estimate of drug-likeness (QED) is 0.153. The summed E-state index contributed by atoms with van der Waals surface area (Å²) in [6, 6.07) is 16.9. The summed E-state index contributed by atoms with van der Waals surface area (Å²) in [5.41, 5.74) is 1.07. The largest absolute Gasteiger partial charge is 0.493 e. The van der Waals surface area contributed by atoms with E-state index in [4.69, 9.17) is 32.1 Å². The van der Waals surface area contributed by atoms with Gasteiger partial charge in [-0.15, -0.1) is 6.58 Å². The average molecular weight is 543 g/mol. The summed E-state index contributed by atoms with van der Waals surface area (Å²) in [6.07, 6.45) is 3.13. The van der Waals surface area contributed by atoms with Gasteiger partial charge in [-0.3, -0.25) is 4.79 Å². The van der Waals surface area contributed by atoms with Gasteiger partial charge in [0, 0.05) is 21.3 Å². The maximum Gasteiger partial charge on any atom is 0.339 e. The predicted molar refractivity (Wildman–Crippen MR) is 140 cm³/mol. The molecule has 0 spiro atoms. The van der Waals surface area contributed by atoms with Crippen LogP contribution in [0.5, 0.6) is 11.5 Å². The second-order valence-corrected chi connectivity index (χ2v) is 9.75. The first kappa shape index (κ1) is 26.8. The number of carbonyl (C=O) groups is 1. The van der Waals surface area contributed by atoms with Gasteiger partial charge in [0.1, 0.15) is 16.5 Å². The number of benzene rings is 3. The second-order valence-electron chi connectivity index (χ2n) is 7.33. The standard InChI is InChI=1S/C26H20Cl2N2O5S/c1-3-5-18-12-17(13-19(16-29)26(31)30-22-7-4-6-21(28)15-22)14-24(34-2)25(18)35-36(32,33)23-10-8-20(27)9-11-23/h3-4,6-15H,1,5H2,2H3,(H,30,31)/b19-13+. The van der Waals surface area contributed by atoms with Gasteiger partial charge < -0.3 is 14.2 Å². The zero-order chi connectivity index (χ0) is 26.3. The zero-order valence-electron chi connectivity index (χ0n) is 19.0. The molecule has 10 heteroatoms. The first-order valence-corrected chi connectivity index (χ1v) is 12.5. The number of nitrogens with zero attached hydrogens (tertiary/aromatic N) is 1. The van der Waals surface area contributed by atoms with Crippen LogP contribution in [0.2, 0.25) is 10.0 Å². The molecular formula is C26H20Cl2N2O5S. The molecule has 3 aromatic carbocycles. The Balaban J connectivity index is 1.99. The highest BCUT2D eigenvalue weighted by Gasteiger charge is 2.22. The molecule has 0 bridgehead atoms. The summed E-state index contributed by atoms with van der Waals surface area (Å²) in [4.78, 5) is 12.6. The number of nitrogens with one attached hydrogen (secondary N) is 1. The van der Waals surface area contributed by atoms with Crippen molar-refractivity contribution in [2.24, 2.45) is 0 Å². The topological polar surface area (TPSA) is 105 Å². The smallest absolute Gasteiger partial charge is 0.339 e. The van der Waals surface area contributed by atoms with E-state index in [9.17, 15) is 18.5 Å². The van der Waals surface area contributed by atoms with Crippen LogP contribution in [-0.4, -0.2) is 21.4 Å². The molecule has 184 valence electrons. The second kappa shape index (κ2) is 11.8. The van der Waals surface area contributed by atoms with Gasteiger partial charge in [-0.25, -0.2) is 0 Å². The van der Waals surface area contributed by atoms with E-state index < -0.39 is 16.0 Å². The third kappa shape index (κ3) is 6.67. The number of anilines is 1. The van der Waals surface area contributed by atoms with Crippen LogP contribution in [0.15, 0.2) is 83.8 Å². The van der Waals surface area contributed by atoms with Gasteiger partial charge in [-0.1, -0.05) is 35.3 Å². The molecule has 36 heavy (non-hydrogen) atoms. The lowest BCUT2D eigenvalue weighted by Crippen LogP contribution is -2.13. The summed E-state index contributed by atoms with van der Waals surface area (Å²) in [5, 5.41) is 13.0. The lowest BCUT2D eigenvalue weighted by Gasteiger charge is -2.16. The highest BCUT2D eigenvalue weighted by Crippen LogP contribution is 2.36. The number of halogens is 2. The van der Waals surface area contributed by atoms with E-state index in [0.29, 0.717) is 26.9 Å². The summed E-state index contributed by atoms with van der Waals surface area (Å²) < 4.78 is 36.6. The number of rotatable bonds is 9. The van der Waals surface area contributed by atoms with Crippen molar-refractivity contribution in [1.82, 2.24) is 0 Å². The fourth-order valence-electron chi connectivity index (χ4n) is 3.16. The molecule has 7 nitrogen and oxygen atoms in total. The Bertz CT molecular complexity index is 1480. The molecule has 0 radical (unpaired) electrons. The lowest BCUT2D eigenvalue weighted by atomic mass is 10.0. The van der Waals surface area contributed by atoms with Crippen LogP contribution >= 0.6 is 23.2 Å². The van der Waals surface area contributed by atoms with Gasteiger partial charge in [0.25, 0.3) is 5.91 Å². The van der Waals surface area contributed by atoms with Gasteiger partial charge in [0.15, 0.2) is 11.5 Å². The number of amides is 1. The van der Waals surface area contributed by atoms with Gasteiger partial charge in [-0.05, 0) is 72.7 Å². The minimum Gasteiger partial charge on any atom is -0.493 e. The number of nitriles is 1. The van der Waals surface area contributed by atoms with E-state index in [1.807, 2.05) is 6.07 Å². The van der Waals surface area contributed by atoms with E-state index >= 15 is 0 Å².